The number of hydrogen-bond acceptors (Lipinski definition) is 8. The smallest absolute Gasteiger partial charge is 0.410 e. The Balaban J connectivity index is 1.50. The highest BCUT2D eigenvalue weighted by atomic mass is 32.2. The lowest BCUT2D eigenvalue weighted by molar-refractivity contribution is 0.0110. The van der Waals surface area contributed by atoms with Crippen LogP contribution in [0.1, 0.15) is 52.5 Å². The SMILES string of the molecule is CCN1Cc2cc(Nc3nn(C4(CC#N)CCN(C(=O)OC(C)(C)C)CC4)c4cc[nH]c(=O)c34)ccc2S1(=O)=O. The Kier molecular flexibility index (Phi) is 6.87. The highest BCUT2D eigenvalue weighted by Crippen LogP contribution is 2.38. The van der Waals surface area contributed by atoms with Crippen molar-refractivity contribution in [1.29, 1.82) is 5.26 Å². The first-order valence-electron chi connectivity index (χ1n) is 13.2. The average Bonchev–Trinajstić information content (AvgIpc) is 3.38. The number of pyridine rings is 1. The molecule has 13 heteroatoms. The summed E-state index contributed by atoms with van der Waals surface area (Å²) in [7, 11) is -3.51. The number of nitrogens with zero attached hydrogens (tertiary/aromatic N) is 5. The molecular formula is C27H33N7O5S. The molecule has 2 aromatic heterocycles. The second-order valence-corrected chi connectivity index (χ2v) is 13.1. The van der Waals surface area contributed by atoms with Gasteiger partial charge in [-0.2, -0.15) is 14.7 Å². The van der Waals surface area contributed by atoms with Crippen LogP contribution in [0.15, 0.2) is 40.2 Å². The second-order valence-electron chi connectivity index (χ2n) is 11.2. The van der Waals surface area contributed by atoms with Crippen molar-refractivity contribution in [2.45, 2.75) is 69.5 Å². The van der Waals surface area contributed by atoms with Crippen LogP contribution in [0.4, 0.5) is 16.3 Å². The zero-order valence-electron chi connectivity index (χ0n) is 23.0. The van der Waals surface area contributed by atoms with E-state index in [0.29, 0.717) is 60.4 Å². The maximum absolute atomic E-state index is 13.0. The van der Waals surface area contributed by atoms with E-state index < -0.39 is 27.3 Å². The molecule has 2 N–H and O–H groups in total. The van der Waals surface area contributed by atoms with Crippen molar-refractivity contribution in [2.24, 2.45) is 0 Å². The molecule has 3 aromatic rings. The number of ether oxygens (including phenoxy) is 1. The molecule has 1 aromatic carbocycles. The number of likely N-dealkylation sites (tertiary alicyclic amines) is 1. The van der Waals surface area contributed by atoms with E-state index in [-0.39, 0.29) is 23.4 Å². The third-order valence-electron chi connectivity index (χ3n) is 7.45. The van der Waals surface area contributed by atoms with Gasteiger partial charge in [0.2, 0.25) is 10.0 Å². The molecule has 0 bridgehead atoms. The number of aromatic nitrogens is 3. The van der Waals surface area contributed by atoms with Gasteiger partial charge in [-0.15, -0.1) is 0 Å². The van der Waals surface area contributed by atoms with Crippen molar-refractivity contribution in [3.63, 3.8) is 0 Å². The maximum atomic E-state index is 13.0. The second kappa shape index (κ2) is 9.94. The van der Waals surface area contributed by atoms with Crippen LogP contribution in [0, 0.1) is 11.3 Å². The predicted molar refractivity (Wildman–Crippen MR) is 149 cm³/mol. The first-order valence-corrected chi connectivity index (χ1v) is 14.7. The quantitative estimate of drug-likeness (QED) is 0.474. The Hall–Kier alpha value is -3.89. The van der Waals surface area contributed by atoms with Crippen molar-refractivity contribution in [2.75, 3.05) is 25.0 Å². The molecule has 0 aliphatic carbocycles. The largest absolute Gasteiger partial charge is 0.444 e. The molecule has 5 rings (SSSR count). The number of hydrogen-bond donors (Lipinski definition) is 2. The number of benzene rings is 1. The monoisotopic (exact) mass is 567 g/mol. The number of rotatable bonds is 5. The molecule has 0 saturated carbocycles. The van der Waals surface area contributed by atoms with E-state index in [0.717, 1.165) is 0 Å². The van der Waals surface area contributed by atoms with E-state index in [9.17, 15) is 23.3 Å². The number of fused-ring (bicyclic) bond motifs is 2. The zero-order chi connectivity index (χ0) is 28.9. The summed E-state index contributed by atoms with van der Waals surface area (Å²) in [6, 6.07) is 9.01. The first kappa shape index (κ1) is 27.7. The van der Waals surface area contributed by atoms with Gasteiger partial charge in [0, 0.05) is 38.1 Å². The lowest BCUT2D eigenvalue weighted by Gasteiger charge is -2.41. The standard InChI is InChI=1S/C27H33N7O5S/c1-5-33-17-18-16-19(6-7-21(18)40(33,37)38)30-23-22-20(8-13-29-24(22)35)34(31-23)27(9-12-28)10-14-32(15-11-27)25(36)39-26(2,3)4/h6-8,13,16H,5,9-11,14-15,17H2,1-4H3,(H,29,35)(H,30,31). The number of sulfonamides is 1. The van der Waals surface area contributed by atoms with Gasteiger partial charge in [-0.1, -0.05) is 6.92 Å². The van der Waals surface area contributed by atoms with Gasteiger partial charge in [0.1, 0.15) is 11.0 Å². The fraction of sp³-hybridized carbons (Fsp3) is 0.481. The normalized spacial score (nSPS) is 18.3. The number of carbonyl (C=O) groups excluding carboxylic acids is 1. The molecule has 2 aliphatic heterocycles. The molecule has 2 aliphatic rings. The summed E-state index contributed by atoms with van der Waals surface area (Å²) in [5.41, 5.74) is 0.121. The van der Waals surface area contributed by atoms with Crippen LogP contribution in [0.3, 0.4) is 0 Å². The van der Waals surface area contributed by atoms with Crippen LogP contribution in [-0.2, 0) is 26.8 Å². The number of H-pyrrole nitrogens is 1. The summed E-state index contributed by atoms with van der Waals surface area (Å²) >= 11 is 0. The lowest BCUT2D eigenvalue weighted by Crippen LogP contribution is -2.49. The predicted octanol–water partition coefficient (Wildman–Crippen LogP) is 3.63. The third-order valence-corrected chi connectivity index (χ3v) is 9.47. The fourth-order valence-electron chi connectivity index (χ4n) is 5.43. The minimum Gasteiger partial charge on any atom is -0.444 e. The van der Waals surface area contributed by atoms with Gasteiger partial charge in [-0.25, -0.2) is 13.2 Å². The Bertz CT molecular complexity index is 1670. The fourth-order valence-corrected chi connectivity index (χ4v) is 7.06. The number of nitriles is 1. The number of carbonyl (C=O) groups is 1. The molecule has 4 heterocycles. The van der Waals surface area contributed by atoms with Gasteiger partial charge in [-0.05, 0) is 63.4 Å². The van der Waals surface area contributed by atoms with Crippen molar-refractivity contribution in [1.82, 2.24) is 24.0 Å². The van der Waals surface area contributed by atoms with Crippen LogP contribution >= 0.6 is 0 Å². The van der Waals surface area contributed by atoms with Crippen LogP contribution in [-0.4, -0.2) is 63.7 Å². The molecular weight excluding hydrogens is 534 g/mol. The summed E-state index contributed by atoms with van der Waals surface area (Å²) in [5, 5.41) is 18.1. The number of amides is 1. The summed E-state index contributed by atoms with van der Waals surface area (Å²) in [5.74, 6) is 0.303. The van der Waals surface area contributed by atoms with E-state index in [4.69, 9.17) is 9.84 Å². The van der Waals surface area contributed by atoms with Crippen LogP contribution < -0.4 is 10.9 Å². The van der Waals surface area contributed by atoms with Crippen LogP contribution in [0.2, 0.25) is 0 Å². The number of piperidine rings is 1. The van der Waals surface area contributed by atoms with Gasteiger partial charge in [0.15, 0.2) is 5.82 Å². The summed E-state index contributed by atoms with van der Waals surface area (Å²) in [4.78, 5) is 30.3. The lowest BCUT2D eigenvalue weighted by atomic mass is 9.85. The number of nitrogens with one attached hydrogen (secondary N) is 2. The molecule has 0 atom stereocenters. The van der Waals surface area contributed by atoms with Gasteiger partial charge in [0.05, 0.1) is 28.4 Å². The van der Waals surface area contributed by atoms with E-state index in [1.54, 1.807) is 47.0 Å². The minimum absolute atomic E-state index is 0.141. The maximum Gasteiger partial charge on any atom is 0.410 e. The average molecular weight is 568 g/mol. The van der Waals surface area contributed by atoms with E-state index in [2.05, 4.69) is 16.4 Å². The van der Waals surface area contributed by atoms with Crippen molar-refractivity contribution in [3.05, 3.63) is 46.4 Å². The van der Waals surface area contributed by atoms with Gasteiger partial charge in [0.25, 0.3) is 5.56 Å². The molecule has 12 nitrogen and oxygen atoms in total. The molecule has 0 unspecified atom stereocenters. The Labute approximate surface area is 232 Å². The van der Waals surface area contributed by atoms with Gasteiger partial charge >= 0.3 is 6.09 Å². The summed E-state index contributed by atoms with van der Waals surface area (Å²) in [6.45, 7) is 8.63. The molecule has 1 fully saturated rings. The highest BCUT2D eigenvalue weighted by Gasteiger charge is 2.41. The third kappa shape index (κ3) is 4.82. The zero-order valence-corrected chi connectivity index (χ0v) is 23.8. The molecule has 212 valence electrons. The van der Waals surface area contributed by atoms with Crippen molar-refractivity contribution >= 4 is 38.5 Å². The van der Waals surface area contributed by atoms with Gasteiger partial charge < -0.3 is 19.9 Å². The van der Waals surface area contributed by atoms with E-state index >= 15 is 0 Å². The minimum atomic E-state index is -3.51. The molecule has 1 amide bonds. The Morgan fingerprint density at radius 1 is 1.25 bits per heavy atom. The molecule has 1 saturated heterocycles. The first-order chi connectivity index (χ1) is 18.9. The van der Waals surface area contributed by atoms with Crippen LogP contribution in [0.25, 0.3) is 10.9 Å². The van der Waals surface area contributed by atoms with Gasteiger partial charge in [-0.3, -0.25) is 9.48 Å². The van der Waals surface area contributed by atoms with Crippen molar-refractivity contribution < 1.29 is 17.9 Å². The summed E-state index contributed by atoms with van der Waals surface area (Å²) < 4.78 is 34.1. The Morgan fingerprint density at radius 3 is 2.62 bits per heavy atom. The molecule has 0 spiro atoms. The van der Waals surface area contributed by atoms with E-state index in [1.165, 1.54) is 4.31 Å². The topological polar surface area (TPSA) is 153 Å². The molecule has 0 radical (unpaired) electrons. The highest BCUT2D eigenvalue weighted by molar-refractivity contribution is 7.89. The number of anilines is 2. The van der Waals surface area contributed by atoms with Crippen LogP contribution in [0.5, 0.6) is 0 Å². The Morgan fingerprint density at radius 2 is 1.98 bits per heavy atom. The number of aromatic amines is 1. The van der Waals surface area contributed by atoms with E-state index in [1.807, 2.05) is 20.8 Å². The summed E-state index contributed by atoms with van der Waals surface area (Å²) in [6.07, 6.45) is 2.19. The van der Waals surface area contributed by atoms with Crippen molar-refractivity contribution in [3.8, 4) is 6.07 Å². The molecule has 40 heavy (non-hydrogen) atoms.